The molecule has 1 amide bonds. The van der Waals surface area contributed by atoms with E-state index in [2.05, 4.69) is 15.5 Å². The molecule has 124 valence electrons. The first kappa shape index (κ1) is 17.3. The van der Waals surface area contributed by atoms with Gasteiger partial charge in [-0.05, 0) is 55.5 Å². The summed E-state index contributed by atoms with van der Waals surface area (Å²) in [5.41, 5.74) is 0.820. The third-order valence-corrected chi connectivity index (χ3v) is 4.48. The molecule has 1 aromatic carbocycles. The molecule has 2 rings (SSSR count). The second-order valence-electron chi connectivity index (χ2n) is 4.84. The monoisotopic (exact) mass is 335 g/mol. The topological polar surface area (TPSA) is 73.1 Å². The van der Waals surface area contributed by atoms with Crippen molar-refractivity contribution in [3.63, 3.8) is 0 Å². The maximum atomic E-state index is 12.4. The smallest absolute Gasteiger partial charge is 0.235 e. The summed E-state index contributed by atoms with van der Waals surface area (Å²) in [6.45, 7) is 7.21. The summed E-state index contributed by atoms with van der Waals surface area (Å²) in [5.74, 6) is 0.852. The number of thioether (sulfide) groups is 1. The summed E-state index contributed by atoms with van der Waals surface area (Å²) < 4.78 is 6.77. The van der Waals surface area contributed by atoms with Gasteiger partial charge in [-0.2, -0.15) is 4.68 Å². The number of rotatable bonds is 7. The summed E-state index contributed by atoms with van der Waals surface area (Å²) in [5, 5.41) is 12.1. The van der Waals surface area contributed by atoms with Crippen molar-refractivity contribution in [3.8, 4) is 11.4 Å². The van der Waals surface area contributed by atoms with E-state index in [9.17, 15) is 4.79 Å². The number of hydrogen-bond acceptors (Lipinski definition) is 6. The Labute approximate surface area is 140 Å². The summed E-state index contributed by atoms with van der Waals surface area (Å²) >= 11 is 1.35. The van der Waals surface area contributed by atoms with Gasteiger partial charge in [0.25, 0.3) is 0 Å². The lowest BCUT2D eigenvalue weighted by atomic mass is 10.3. The van der Waals surface area contributed by atoms with E-state index < -0.39 is 0 Å². The van der Waals surface area contributed by atoms with E-state index in [4.69, 9.17) is 4.74 Å². The van der Waals surface area contributed by atoms with Gasteiger partial charge in [0.05, 0.1) is 18.0 Å². The summed E-state index contributed by atoms with van der Waals surface area (Å²) in [4.78, 5) is 14.2. The first-order valence-electron chi connectivity index (χ1n) is 7.48. The van der Waals surface area contributed by atoms with Crippen LogP contribution < -0.4 is 4.74 Å². The van der Waals surface area contributed by atoms with Crippen LogP contribution in [0.4, 0.5) is 0 Å². The van der Waals surface area contributed by atoms with E-state index in [0.717, 1.165) is 11.4 Å². The number of nitrogens with zero attached hydrogens (tertiary/aromatic N) is 5. The summed E-state index contributed by atoms with van der Waals surface area (Å²) in [6.07, 6.45) is 0. The molecule has 0 aliphatic carbocycles. The standard InChI is InChI=1S/C15H21N5O2S/c1-5-19(6-2)14(21)11(3)23-15-16-17-18-20(15)12-7-9-13(22-4)10-8-12/h7-11H,5-6H2,1-4H3. The van der Waals surface area contributed by atoms with E-state index in [-0.39, 0.29) is 11.2 Å². The summed E-state index contributed by atoms with van der Waals surface area (Å²) in [6, 6.07) is 7.43. The maximum absolute atomic E-state index is 12.4. The molecular weight excluding hydrogens is 314 g/mol. The van der Waals surface area contributed by atoms with Gasteiger partial charge in [0.2, 0.25) is 11.1 Å². The fourth-order valence-electron chi connectivity index (χ4n) is 2.14. The molecule has 0 aliphatic rings. The zero-order chi connectivity index (χ0) is 16.8. The van der Waals surface area contributed by atoms with Crippen LogP contribution in [0.2, 0.25) is 0 Å². The molecule has 8 heteroatoms. The zero-order valence-electron chi connectivity index (χ0n) is 13.8. The lowest BCUT2D eigenvalue weighted by Crippen LogP contribution is -2.36. The van der Waals surface area contributed by atoms with Crippen molar-refractivity contribution in [1.29, 1.82) is 0 Å². The lowest BCUT2D eigenvalue weighted by Gasteiger charge is -2.22. The number of ether oxygens (including phenoxy) is 1. The van der Waals surface area contributed by atoms with Crippen LogP contribution in [0.1, 0.15) is 20.8 Å². The molecule has 0 N–H and O–H groups in total. The summed E-state index contributed by atoms with van der Waals surface area (Å²) in [7, 11) is 1.62. The van der Waals surface area contributed by atoms with Gasteiger partial charge in [0.15, 0.2) is 0 Å². The average molecular weight is 335 g/mol. The first-order chi connectivity index (χ1) is 11.1. The number of hydrogen-bond donors (Lipinski definition) is 0. The molecule has 2 aromatic rings. The van der Waals surface area contributed by atoms with Gasteiger partial charge in [-0.25, -0.2) is 0 Å². The Morgan fingerprint density at radius 2 is 1.96 bits per heavy atom. The van der Waals surface area contributed by atoms with Gasteiger partial charge >= 0.3 is 0 Å². The first-order valence-corrected chi connectivity index (χ1v) is 8.36. The predicted octanol–water partition coefficient (Wildman–Crippen LogP) is 2.02. The molecule has 0 aliphatic heterocycles. The second kappa shape index (κ2) is 7.96. The Bertz CT molecular complexity index is 640. The predicted molar refractivity (Wildman–Crippen MR) is 89.0 cm³/mol. The SMILES string of the molecule is CCN(CC)C(=O)C(C)Sc1nnnn1-c1ccc(OC)cc1. The van der Waals surface area contributed by atoms with Crippen molar-refractivity contribution in [2.24, 2.45) is 0 Å². The molecule has 1 unspecified atom stereocenters. The van der Waals surface area contributed by atoms with E-state index >= 15 is 0 Å². The van der Waals surface area contributed by atoms with Crippen LogP contribution in [0.5, 0.6) is 5.75 Å². The van der Waals surface area contributed by atoms with E-state index in [1.807, 2.05) is 45.0 Å². The molecule has 1 heterocycles. The van der Waals surface area contributed by atoms with Crippen LogP contribution in [-0.4, -0.2) is 56.5 Å². The average Bonchev–Trinajstić information content (AvgIpc) is 3.04. The van der Waals surface area contributed by atoms with Crippen LogP contribution in [0.15, 0.2) is 29.4 Å². The van der Waals surface area contributed by atoms with Crippen molar-refractivity contribution < 1.29 is 9.53 Å². The number of benzene rings is 1. The Hall–Kier alpha value is -2.09. The Morgan fingerprint density at radius 3 is 2.52 bits per heavy atom. The third kappa shape index (κ3) is 4.01. The van der Waals surface area contributed by atoms with Crippen molar-refractivity contribution in [3.05, 3.63) is 24.3 Å². The number of tetrazole rings is 1. The molecule has 23 heavy (non-hydrogen) atoms. The van der Waals surface area contributed by atoms with Gasteiger partial charge in [-0.3, -0.25) is 4.79 Å². The molecule has 0 bridgehead atoms. The number of methoxy groups -OCH3 is 1. The normalized spacial score (nSPS) is 12.0. The molecule has 0 saturated carbocycles. The fraction of sp³-hybridized carbons (Fsp3) is 0.467. The minimum Gasteiger partial charge on any atom is -0.497 e. The van der Waals surface area contributed by atoms with Crippen LogP contribution in [0.25, 0.3) is 5.69 Å². The van der Waals surface area contributed by atoms with Crippen LogP contribution in [0.3, 0.4) is 0 Å². The van der Waals surface area contributed by atoms with Gasteiger partial charge in [0, 0.05) is 13.1 Å². The molecule has 0 saturated heterocycles. The molecule has 0 spiro atoms. The van der Waals surface area contributed by atoms with Gasteiger partial charge in [0.1, 0.15) is 5.75 Å². The van der Waals surface area contributed by atoms with Gasteiger partial charge in [-0.15, -0.1) is 5.10 Å². The number of aromatic nitrogens is 4. The number of carbonyl (C=O) groups excluding carboxylic acids is 1. The largest absolute Gasteiger partial charge is 0.497 e. The molecule has 0 fully saturated rings. The van der Waals surface area contributed by atoms with Crippen molar-refractivity contribution in [1.82, 2.24) is 25.1 Å². The highest BCUT2D eigenvalue weighted by Crippen LogP contribution is 2.24. The Morgan fingerprint density at radius 1 is 1.30 bits per heavy atom. The highest BCUT2D eigenvalue weighted by atomic mass is 32.2. The van der Waals surface area contributed by atoms with Crippen LogP contribution in [-0.2, 0) is 4.79 Å². The quantitative estimate of drug-likeness (QED) is 0.721. The Balaban J connectivity index is 2.15. The van der Waals surface area contributed by atoms with E-state index in [1.165, 1.54) is 11.8 Å². The van der Waals surface area contributed by atoms with Crippen LogP contribution >= 0.6 is 11.8 Å². The number of amides is 1. The van der Waals surface area contributed by atoms with Crippen molar-refractivity contribution >= 4 is 17.7 Å². The Kier molecular flexibility index (Phi) is 5.97. The molecule has 1 atom stereocenters. The molecule has 0 radical (unpaired) electrons. The lowest BCUT2D eigenvalue weighted by molar-refractivity contribution is -0.129. The van der Waals surface area contributed by atoms with E-state index in [1.54, 1.807) is 16.7 Å². The third-order valence-electron chi connectivity index (χ3n) is 3.46. The van der Waals surface area contributed by atoms with E-state index in [0.29, 0.717) is 18.2 Å². The van der Waals surface area contributed by atoms with Gasteiger partial charge in [-0.1, -0.05) is 11.8 Å². The molecule has 1 aromatic heterocycles. The highest BCUT2D eigenvalue weighted by molar-refractivity contribution is 8.00. The molecule has 7 nitrogen and oxygen atoms in total. The highest BCUT2D eigenvalue weighted by Gasteiger charge is 2.22. The molecular formula is C15H21N5O2S. The fourth-order valence-corrected chi connectivity index (χ4v) is 3.03. The zero-order valence-corrected chi connectivity index (χ0v) is 14.6. The maximum Gasteiger partial charge on any atom is 0.235 e. The van der Waals surface area contributed by atoms with Crippen molar-refractivity contribution in [2.45, 2.75) is 31.2 Å². The van der Waals surface area contributed by atoms with Crippen molar-refractivity contribution in [2.75, 3.05) is 20.2 Å². The minimum absolute atomic E-state index is 0.0873. The van der Waals surface area contributed by atoms with Gasteiger partial charge < -0.3 is 9.64 Å². The minimum atomic E-state index is -0.252. The van der Waals surface area contributed by atoms with Crippen LogP contribution in [0, 0.1) is 0 Å². The number of carbonyl (C=O) groups is 1. The second-order valence-corrected chi connectivity index (χ2v) is 6.15.